The Bertz CT molecular complexity index is 224. The number of nitrogens with zero attached hydrogens (tertiary/aromatic N) is 1. The van der Waals surface area contributed by atoms with Crippen LogP contribution >= 0.6 is 0 Å². The first-order valence-electron chi connectivity index (χ1n) is 7.77. The van der Waals surface area contributed by atoms with Gasteiger partial charge in [0.1, 0.15) is 0 Å². The van der Waals surface area contributed by atoms with E-state index in [1.165, 1.54) is 6.42 Å². The molecule has 1 saturated heterocycles. The Morgan fingerprint density at radius 1 is 1.42 bits per heavy atom. The lowest BCUT2D eigenvalue weighted by atomic mass is 10.0. The number of rotatable bonds is 9. The number of methoxy groups -OCH3 is 1. The Hall–Kier alpha value is -0.160. The fourth-order valence-corrected chi connectivity index (χ4v) is 2.61. The fourth-order valence-electron chi connectivity index (χ4n) is 2.61. The Morgan fingerprint density at radius 2 is 2.21 bits per heavy atom. The molecule has 0 aromatic carbocycles. The SMILES string of the molecule is CCCNC(CCCOC)C1CN(C(C)C)CCO1. The minimum absolute atomic E-state index is 0.319. The van der Waals surface area contributed by atoms with Gasteiger partial charge >= 0.3 is 0 Å². The van der Waals surface area contributed by atoms with Crippen molar-refractivity contribution in [3.63, 3.8) is 0 Å². The highest BCUT2D eigenvalue weighted by Crippen LogP contribution is 2.15. The van der Waals surface area contributed by atoms with Crippen LogP contribution in [0.25, 0.3) is 0 Å². The smallest absolute Gasteiger partial charge is 0.0855 e. The van der Waals surface area contributed by atoms with Crippen LogP contribution in [0.1, 0.15) is 40.0 Å². The Morgan fingerprint density at radius 3 is 2.84 bits per heavy atom. The standard InChI is InChI=1S/C15H32N2O2/c1-5-8-16-14(7-6-10-18-4)15-12-17(13(2)3)9-11-19-15/h13-16H,5-12H2,1-4H3. The van der Waals surface area contributed by atoms with Crippen molar-refractivity contribution in [1.29, 1.82) is 0 Å². The van der Waals surface area contributed by atoms with E-state index in [1.54, 1.807) is 7.11 Å². The van der Waals surface area contributed by atoms with Gasteiger partial charge < -0.3 is 14.8 Å². The van der Waals surface area contributed by atoms with Crippen LogP contribution in [0.5, 0.6) is 0 Å². The number of nitrogens with one attached hydrogen (secondary N) is 1. The summed E-state index contributed by atoms with van der Waals surface area (Å²) in [7, 11) is 1.77. The Kier molecular flexibility index (Phi) is 8.62. The normalized spacial score (nSPS) is 22.9. The van der Waals surface area contributed by atoms with Crippen molar-refractivity contribution in [1.82, 2.24) is 10.2 Å². The van der Waals surface area contributed by atoms with Gasteiger partial charge in [-0.2, -0.15) is 0 Å². The molecule has 4 nitrogen and oxygen atoms in total. The molecule has 2 unspecified atom stereocenters. The molecule has 4 heteroatoms. The molecule has 0 aliphatic carbocycles. The van der Waals surface area contributed by atoms with Gasteiger partial charge in [-0.25, -0.2) is 0 Å². The lowest BCUT2D eigenvalue weighted by Crippen LogP contribution is -2.54. The average Bonchev–Trinajstić information content (AvgIpc) is 2.43. The van der Waals surface area contributed by atoms with E-state index in [4.69, 9.17) is 9.47 Å². The van der Waals surface area contributed by atoms with E-state index in [1.807, 2.05) is 0 Å². The third kappa shape index (κ3) is 6.21. The lowest BCUT2D eigenvalue weighted by Gasteiger charge is -2.39. The van der Waals surface area contributed by atoms with Crippen LogP contribution in [0, 0.1) is 0 Å². The highest BCUT2D eigenvalue weighted by atomic mass is 16.5. The van der Waals surface area contributed by atoms with Gasteiger partial charge in [-0.05, 0) is 39.7 Å². The highest BCUT2D eigenvalue weighted by molar-refractivity contribution is 4.84. The number of ether oxygens (including phenoxy) is 2. The molecule has 0 spiro atoms. The van der Waals surface area contributed by atoms with Gasteiger partial charge in [0.25, 0.3) is 0 Å². The van der Waals surface area contributed by atoms with Crippen LogP contribution in [0.3, 0.4) is 0 Å². The second kappa shape index (κ2) is 9.70. The molecule has 1 rings (SSSR count). The summed E-state index contributed by atoms with van der Waals surface area (Å²) in [6, 6.07) is 1.06. The molecular weight excluding hydrogens is 240 g/mol. The molecule has 114 valence electrons. The molecule has 0 bridgehead atoms. The fraction of sp³-hybridized carbons (Fsp3) is 1.00. The first kappa shape index (κ1) is 16.9. The van der Waals surface area contributed by atoms with Crippen molar-refractivity contribution in [2.24, 2.45) is 0 Å². The second-order valence-electron chi connectivity index (χ2n) is 5.69. The summed E-state index contributed by atoms with van der Waals surface area (Å²) < 4.78 is 11.2. The molecule has 0 radical (unpaired) electrons. The maximum absolute atomic E-state index is 6.00. The summed E-state index contributed by atoms with van der Waals surface area (Å²) in [6.07, 6.45) is 3.71. The third-order valence-corrected chi connectivity index (χ3v) is 3.82. The van der Waals surface area contributed by atoms with Gasteiger partial charge in [-0.3, -0.25) is 4.90 Å². The van der Waals surface area contributed by atoms with Gasteiger partial charge in [0.05, 0.1) is 12.7 Å². The Balaban J connectivity index is 2.46. The summed E-state index contributed by atoms with van der Waals surface area (Å²) in [5.74, 6) is 0. The van der Waals surface area contributed by atoms with Crippen LogP contribution in [0.15, 0.2) is 0 Å². The van der Waals surface area contributed by atoms with Crippen molar-refractivity contribution < 1.29 is 9.47 Å². The van der Waals surface area contributed by atoms with Crippen LogP contribution in [-0.4, -0.2) is 63.0 Å². The zero-order chi connectivity index (χ0) is 14.1. The second-order valence-corrected chi connectivity index (χ2v) is 5.69. The summed E-state index contributed by atoms with van der Waals surface area (Å²) in [4.78, 5) is 2.52. The van der Waals surface area contributed by atoms with Gasteiger partial charge in [-0.15, -0.1) is 0 Å². The maximum atomic E-state index is 6.00. The molecule has 19 heavy (non-hydrogen) atoms. The van der Waals surface area contributed by atoms with E-state index in [0.717, 1.165) is 45.7 Å². The van der Waals surface area contributed by atoms with Crippen molar-refractivity contribution in [2.75, 3.05) is 40.0 Å². The molecule has 1 fully saturated rings. The number of morpholine rings is 1. The first-order valence-corrected chi connectivity index (χ1v) is 7.77. The van der Waals surface area contributed by atoms with Crippen molar-refractivity contribution in [3.05, 3.63) is 0 Å². The van der Waals surface area contributed by atoms with Gasteiger partial charge in [0, 0.05) is 38.9 Å². The van der Waals surface area contributed by atoms with Gasteiger partial charge in [-0.1, -0.05) is 6.92 Å². The van der Waals surface area contributed by atoms with E-state index < -0.39 is 0 Å². The molecule has 1 N–H and O–H groups in total. The number of hydrogen-bond acceptors (Lipinski definition) is 4. The highest BCUT2D eigenvalue weighted by Gasteiger charge is 2.28. The van der Waals surface area contributed by atoms with E-state index in [2.05, 4.69) is 31.0 Å². The lowest BCUT2D eigenvalue weighted by molar-refractivity contribution is -0.0572. The maximum Gasteiger partial charge on any atom is 0.0855 e. The van der Waals surface area contributed by atoms with Crippen molar-refractivity contribution >= 4 is 0 Å². The summed E-state index contributed by atoms with van der Waals surface area (Å²) >= 11 is 0. The van der Waals surface area contributed by atoms with E-state index in [-0.39, 0.29) is 0 Å². The predicted molar refractivity (Wildman–Crippen MR) is 79.6 cm³/mol. The first-order chi connectivity index (χ1) is 9.19. The van der Waals surface area contributed by atoms with Crippen LogP contribution < -0.4 is 5.32 Å². The molecule has 1 heterocycles. The summed E-state index contributed by atoms with van der Waals surface area (Å²) in [6.45, 7) is 11.6. The van der Waals surface area contributed by atoms with Crippen LogP contribution in [0.4, 0.5) is 0 Å². The van der Waals surface area contributed by atoms with E-state index >= 15 is 0 Å². The Labute approximate surface area is 118 Å². The summed E-state index contributed by atoms with van der Waals surface area (Å²) in [5.41, 5.74) is 0. The molecule has 0 saturated carbocycles. The van der Waals surface area contributed by atoms with Crippen molar-refractivity contribution in [3.8, 4) is 0 Å². The van der Waals surface area contributed by atoms with Crippen LogP contribution in [-0.2, 0) is 9.47 Å². The quantitative estimate of drug-likeness (QED) is 0.650. The minimum Gasteiger partial charge on any atom is -0.385 e. The third-order valence-electron chi connectivity index (χ3n) is 3.82. The van der Waals surface area contributed by atoms with Crippen LogP contribution in [0.2, 0.25) is 0 Å². The zero-order valence-electron chi connectivity index (χ0n) is 13.2. The molecule has 2 atom stereocenters. The van der Waals surface area contributed by atoms with Crippen molar-refractivity contribution in [2.45, 2.75) is 58.2 Å². The average molecular weight is 272 g/mol. The van der Waals surface area contributed by atoms with Gasteiger partial charge in [0.15, 0.2) is 0 Å². The zero-order valence-corrected chi connectivity index (χ0v) is 13.2. The molecule has 0 aromatic rings. The molecular formula is C15H32N2O2. The molecule has 0 aromatic heterocycles. The van der Waals surface area contributed by atoms with Gasteiger partial charge in [0.2, 0.25) is 0 Å². The molecule has 1 aliphatic heterocycles. The largest absolute Gasteiger partial charge is 0.385 e. The summed E-state index contributed by atoms with van der Waals surface area (Å²) in [5, 5.41) is 3.65. The predicted octanol–water partition coefficient (Wildman–Crippen LogP) is 1.89. The molecule has 0 amide bonds. The minimum atomic E-state index is 0.319. The monoisotopic (exact) mass is 272 g/mol. The molecule has 1 aliphatic rings. The van der Waals surface area contributed by atoms with E-state index in [0.29, 0.717) is 18.2 Å². The number of hydrogen-bond donors (Lipinski definition) is 1. The topological polar surface area (TPSA) is 33.7 Å². The van der Waals surface area contributed by atoms with E-state index in [9.17, 15) is 0 Å².